The molecule has 2 bridgehead atoms. The highest BCUT2D eigenvalue weighted by Gasteiger charge is 2.42. The molecule has 3 saturated heterocycles. The van der Waals surface area contributed by atoms with Crippen LogP contribution in [0.15, 0.2) is 4.52 Å². The van der Waals surface area contributed by atoms with Gasteiger partial charge in [-0.2, -0.15) is 0 Å². The van der Waals surface area contributed by atoms with E-state index in [1.807, 2.05) is 23.6 Å². The van der Waals surface area contributed by atoms with Crippen LogP contribution in [0.25, 0.3) is 0 Å². The molecule has 2 amide bonds. The van der Waals surface area contributed by atoms with E-state index < -0.39 is 0 Å². The maximum absolute atomic E-state index is 13.0. The van der Waals surface area contributed by atoms with Crippen molar-refractivity contribution in [2.75, 3.05) is 13.1 Å². The van der Waals surface area contributed by atoms with Crippen LogP contribution in [0.4, 0.5) is 0 Å². The first-order valence-electron chi connectivity index (χ1n) is 10.5. The third-order valence-corrected chi connectivity index (χ3v) is 6.90. The molecule has 148 valence electrons. The Bertz CT molecular complexity index is 688. The number of carbonyl (C=O) groups is 2. The monoisotopic (exact) mass is 373 g/mol. The predicted octanol–water partition coefficient (Wildman–Crippen LogP) is 3.21. The first-order valence-corrected chi connectivity index (χ1v) is 10.5. The van der Waals surface area contributed by atoms with Gasteiger partial charge in [0.05, 0.1) is 18.2 Å². The van der Waals surface area contributed by atoms with Gasteiger partial charge in [-0.3, -0.25) is 9.59 Å². The highest BCUT2D eigenvalue weighted by Crippen LogP contribution is 2.33. The SMILES string of the molecule is Cc1noc(C)c1CN1C(=O)C2CCC1CN(C(=O)CCC1CCCC1)C2. The van der Waals surface area contributed by atoms with Gasteiger partial charge < -0.3 is 14.3 Å². The lowest BCUT2D eigenvalue weighted by atomic mass is 9.93. The molecule has 4 aliphatic rings. The number of fused-ring (bicyclic) bond motifs is 4. The molecule has 0 radical (unpaired) electrons. The second-order valence-corrected chi connectivity index (χ2v) is 8.68. The van der Waals surface area contributed by atoms with Crippen LogP contribution in [0, 0.1) is 25.7 Å². The van der Waals surface area contributed by atoms with Gasteiger partial charge in [0.25, 0.3) is 0 Å². The Labute approximate surface area is 161 Å². The largest absolute Gasteiger partial charge is 0.361 e. The van der Waals surface area contributed by atoms with E-state index in [9.17, 15) is 9.59 Å². The molecule has 2 atom stereocenters. The minimum atomic E-state index is -0.0559. The van der Waals surface area contributed by atoms with Gasteiger partial charge >= 0.3 is 0 Å². The maximum atomic E-state index is 13.0. The molecule has 3 aliphatic heterocycles. The van der Waals surface area contributed by atoms with Gasteiger partial charge in [0, 0.05) is 31.1 Å². The molecule has 1 aliphatic carbocycles. The number of carbonyl (C=O) groups excluding carboxylic acids is 2. The van der Waals surface area contributed by atoms with Crippen molar-refractivity contribution in [2.24, 2.45) is 11.8 Å². The summed E-state index contributed by atoms with van der Waals surface area (Å²) in [4.78, 5) is 29.8. The number of piperidine rings is 1. The Kier molecular flexibility index (Phi) is 5.24. The smallest absolute Gasteiger partial charge is 0.228 e. The lowest BCUT2D eigenvalue weighted by Crippen LogP contribution is -2.47. The maximum Gasteiger partial charge on any atom is 0.228 e. The Morgan fingerprint density at radius 1 is 1.15 bits per heavy atom. The molecular formula is C21H31N3O3. The highest BCUT2D eigenvalue weighted by molar-refractivity contribution is 5.83. The summed E-state index contributed by atoms with van der Waals surface area (Å²) in [5.41, 5.74) is 1.86. The van der Waals surface area contributed by atoms with E-state index in [-0.39, 0.29) is 23.8 Å². The van der Waals surface area contributed by atoms with E-state index in [4.69, 9.17) is 4.52 Å². The van der Waals surface area contributed by atoms with Crippen LogP contribution < -0.4 is 0 Å². The lowest BCUT2D eigenvalue weighted by molar-refractivity contribution is -0.140. The first-order chi connectivity index (χ1) is 13.0. The molecule has 4 heterocycles. The van der Waals surface area contributed by atoms with Gasteiger partial charge in [-0.25, -0.2) is 0 Å². The minimum absolute atomic E-state index is 0.0559. The normalized spacial score (nSPS) is 26.1. The summed E-state index contributed by atoms with van der Waals surface area (Å²) in [5.74, 6) is 1.89. The molecule has 6 heteroatoms. The van der Waals surface area contributed by atoms with E-state index in [1.54, 1.807) is 0 Å². The van der Waals surface area contributed by atoms with Gasteiger partial charge in [-0.1, -0.05) is 30.8 Å². The second-order valence-electron chi connectivity index (χ2n) is 8.68. The topological polar surface area (TPSA) is 66.7 Å². The fourth-order valence-electron chi connectivity index (χ4n) is 5.13. The fourth-order valence-corrected chi connectivity index (χ4v) is 5.13. The van der Waals surface area contributed by atoms with Crippen molar-refractivity contribution in [2.45, 2.75) is 77.8 Å². The van der Waals surface area contributed by atoms with Crippen molar-refractivity contribution in [1.82, 2.24) is 15.0 Å². The summed E-state index contributed by atoms with van der Waals surface area (Å²) in [6.45, 7) is 5.64. The van der Waals surface area contributed by atoms with Crippen LogP contribution in [0.2, 0.25) is 0 Å². The number of aromatic nitrogens is 1. The number of hydrogen-bond donors (Lipinski definition) is 0. The van der Waals surface area contributed by atoms with Crippen molar-refractivity contribution < 1.29 is 14.1 Å². The van der Waals surface area contributed by atoms with E-state index in [0.29, 0.717) is 26.1 Å². The third kappa shape index (κ3) is 3.76. The zero-order valence-electron chi connectivity index (χ0n) is 16.6. The molecule has 0 N–H and O–H groups in total. The fraction of sp³-hybridized carbons (Fsp3) is 0.762. The zero-order valence-corrected chi connectivity index (χ0v) is 16.6. The molecular weight excluding hydrogens is 342 g/mol. The average molecular weight is 373 g/mol. The zero-order chi connectivity index (χ0) is 19.0. The third-order valence-electron chi connectivity index (χ3n) is 6.90. The molecule has 0 aromatic carbocycles. The Balaban J connectivity index is 1.43. The predicted molar refractivity (Wildman–Crippen MR) is 101 cm³/mol. The highest BCUT2D eigenvalue weighted by atomic mass is 16.5. The van der Waals surface area contributed by atoms with Crippen LogP contribution in [-0.2, 0) is 16.1 Å². The van der Waals surface area contributed by atoms with Gasteiger partial charge in [-0.05, 0) is 39.0 Å². The molecule has 4 fully saturated rings. The lowest BCUT2D eigenvalue weighted by Gasteiger charge is -2.35. The van der Waals surface area contributed by atoms with Gasteiger partial charge in [0.2, 0.25) is 11.8 Å². The van der Waals surface area contributed by atoms with Crippen LogP contribution in [0.1, 0.15) is 68.4 Å². The van der Waals surface area contributed by atoms with E-state index in [2.05, 4.69) is 5.16 Å². The molecule has 6 nitrogen and oxygen atoms in total. The molecule has 5 rings (SSSR count). The van der Waals surface area contributed by atoms with E-state index in [1.165, 1.54) is 25.7 Å². The number of rotatable bonds is 5. The summed E-state index contributed by atoms with van der Waals surface area (Å²) in [5, 5.41) is 4.02. The second kappa shape index (κ2) is 7.64. The Hall–Kier alpha value is -1.85. The van der Waals surface area contributed by atoms with Crippen LogP contribution in [-0.4, -0.2) is 45.9 Å². The van der Waals surface area contributed by atoms with Crippen LogP contribution in [0.3, 0.4) is 0 Å². The van der Waals surface area contributed by atoms with Crippen molar-refractivity contribution in [3.05, 3.63) is 17.0 Å². The van der Waals surface area contributed by atoms with Crippen molar-refractivity contribution >= 4 is 11.8 Å². The molecule has 2 unspecified atom stereocenters. The summed E-state index contributed by atoms with van der Waals surface area (Å²) < 4.78 is 5.27. The number of nitrogens with zero attached hydrogens (tertiary/aromatic N) is 3. The number of amides is 2. The van der Waals surface area contributed by atoms with Crippen LogP contribution >= 0.6 is 0 Å². The summed E-state index contributed by atoms with van der Waals surface area (Å²) in [7, 11) is 0. The summed E-state index contributed by atoms with van der Waals surface area (Å²) in [6, 6.07) is 0.111. The molecule has 1 aromatic rings. The standard InChI is InChI=1S/C21H31N3O3/c1-14-19(15(2)27-22-14)13-24-18-9-8-17(21(24)26)11-23(12-18)20(25)10-7-16-5-3-4-6-16/h16-18H,3-13H2,1-2H3. The summed E-state index contributed by atoms with van der Waals surface area (Å²) >= 11 is 0. The Morgan fingerprint density at radius 2 is 1.93 bits per heavy atom. The Morgan fingerprint density at radius 3 is 2.63 bits per heavy atom. The van der Waals surface area contributed by atoms with Crippen molar-refractivity contribution in [3.8, 4) is 0 Å². The van der Waals surface area contributed by atoms with Gasteiger partial charge in [0.1, 0.15) is 5.76 Å². The molecule has 27 heavy (non-hydrogen) atoms. The minimum Gasteiger partial charge on any atom is -0.361 e. The molecule has 0 spiro atoms. The number of hydrogen-bond acceptors (Lipinski definition) is 4. The average Bonchev–Trinajstić information content (AvgIpc) is 3.18. The van der Waals surface area contributed by atoms with Crippen LogP contribution in [0.5, 0.6) is 0 Å². The van der Waals surface area contributed by atoms with Crippen molar-refractivity contribution in [3.63, 3.8) is 0 Å². The number of aryl methyl sites for hydroxylation is 2. The van der Waals surface area contributed by atoms with E-state index in [0.717, 1.165) is 42.2 Å². The summed E-state index contributed by atoms with van der Waals surface area (Å²) in [6.07, 6.45) is 8.73. The van der Waals surface area contributed by atoms with Gasteiger partial charge in [-0.15, -0.1) is 0 Å². The van der Waals surface area contributed by atoms with Gasteiger partial charge in [0.15, 0.2) is 0 Å². The van der Waals surface area contributed by atoms with E-state index >= 15 is 0 Å². The molecule has 1 saturated carbocycles. The quantitative estimate of drug-likeness (QED) is 0.795. The first kappa shape index (κ1) is 18.5. The van der Waals surface area contributed by atoms with Crippen molar-refractivity contribution in [1.29, 1.82) is 0 Å². The molecule has 1 aromatic heterocycles.